The minimum atomic E-state index is -0.0578. The predicted octanol–water partition coefficient (Wildman–Crippen LogP) is 2.44. The number of methoxy groups -OCH3 is 1. The van der Waals surface area contributed by atoms with Gasteiger partial charge in [-0.05, 0) is 38.3 Å². The van der Waals surface area contributed by atoms with Gasteiger partial charge in [0, 0.05) is 57.4 Å². The van der Waals surface area contributed by atoms with Crippen LogP contribution in [0, 0.1) is 20.8 Å². The highest BCUT2D eigenvalue weighted by atomic mass is 32.1. The number of nitrogens with one attached hydrogen (secondary N) is 2. The number of thiazole rings is 1. The molecule has 2 heterocycles. The highest BCUT2D eigenvalue weighted by molar-refractivity contribution is 7.14. The van der Waals surface area contributed by atoms with Gasteiger partial charge in [-0.25, -0.2) is 4.98 Å². The maximum absolute atomic E-state index is 12.6. The van der Waals surface area contributed by atoms with Gasteiger partial charge in [-0.15, -0.1) is 11.3 Å². The molecule has 0 unspecified atom stereocenters. The normalized spacial score (nSPS) is 14.9. The summed E-state index contributed by atoms with van der Waals surface area (Å²) in [6.07, 6.45) is 0.815. The summed E-state index contributed by atoms with van der Waals surface area (Å²) >= 11 is 1.45. The Kier molecular flexibility index (Phi) is 9.37. The lowest BCUT2D eigenvalue weighted by Crippen LogP contribution is -2.51. The average molecular weight is 474 g/mol. The van der Waals surface area contributed by atoms with Crippen molar-refractivity contribution in [3.8, 4) is 11.3 Å². The first kappa shape index (κ1) is 25.3. The number of piperazine rings is 1. The van der Waals surface area contributed by atoms with Gasteiger partial charge in [-0.3, -0.25) is 19.4 Å². The summed E-state index contributed by atoms with van der Waals surface area (Å²) in [6.45, 7) is 11.3. The molecule has 0 atom stereocenters. The molecule has 3 rings (SSSR count). The van der Waals surface area contributed by atoms with E-state index >= 15 is 0 Å². The first-order valence-electron chi connectivity index (χ1n) is 11.4. The Bertz CT molecular complexity index is 930. The van der Waals surface area contributed by atoms with E-state index in [4.69, 9.17) is 4.74 Å². The molecule has 0 aliphatic carbocycles. The Labute approximate surface area is 200 Å². The number of carbonyl (C=O) groups excluding carboxylic acids is 2. The molecule has 0 radical (unpaired) electrons. The minimum absolute atomic E-state index is 0.0379. The van der Waals surface area contributed by atoms with E-state index in [0.717, 1.165) is 43.9 Å². The third kappa shape index (κ3) is 7.60. The summed E-state index contributed by atoms with van der Waals surface area (Å²) in [5, 5.41) is 8.48. The summed E-state index contributed by atoms with van der Waals surface area (Å²) in [5.74, 6) is -0.0199. The molecule has 1 aromatic carbocycles. The molecule has 0 spiro atoms. The molecule has 2 amide bonds. The van der Waals surface area contributed by atoms with E-state index in [1.54, 1.807) is 7.11 Å². The van der Waals surface area contributed by atoms with Crippen molar-refractivity contribution < 1.29 is 14.3 Å². The molecule has 8 nitrogen and oxygen atoms in total. The number of carbonyl (C=O) groups is 2. The largest absolute Gasteiger partial charge is 0.385 e. The van der Waals surface area contributed by atoms with E-state index in [0.29, 0.717) is 31.4 Å². The Hall–Kier alpha value is -2.33. The molecule has 1 aliphatic heterocycles. The zero-order valence-corrected chi connectivity index (χ0v) is 20.9. The molecule has 1 saturated heterocycles. The van der Waals surface area contributed by atoms with Gasteiger partial charge in [-0.1, -0.05) is 17.7 Å². The van der Waals surface area contributed by atoms with E-state index in [1.807, 2.05) is 5.38 Å². The average Bonchev–Trinajstić information content (AvgIpc) is 3.19. The van der Waals surface area contributed by atoms with Gasteiger partial charge < -0.3 is 15.4 Å². The van der Waals surface area contributed by atoms with E-state index < -0.39 is 0 Å². The lowest BCUT2D eigenvalue weighted by atomic mass is 9.98. The first-order valence-corrected chi connectivity index (χ1v) is 12.3. The predicted molar refractivity (Wildman–Crippen MR) is 133 cm³/mol. The molecule has 2 aromatic rings. The number of amides is 2. The third-order valence-electron chi connectivity index (χ3n) is 5.73. The van der Waals surface area contributed by atoms with Crippen molar-refractivity contribution in [1.29, 1.82) is 0 Å². The van der Waals surface area contributed by atoms with Crippen molar-refractivity contribution >= 4 is 28.3 Å². The zero-order chi connectivity index (χ0) is 23.8. The number of benzene rings is 1. The van der Waals surface area contributed by atoms with Crippen LogP contribution in [0.5, 0.6) is 0 Å². The summed E-state index contributed by atoms with van der Waals surface area (Å²) in [6, 6.07) is 4.31. The fourth-order valence-corrected chi connectivity index (χ4v) is 4.92. The summed E-state index contributed by atoms with van der Waals surface area (Å²) < 4.78 is 4.99. The van der Waals surface area contributed by atoms with Crippen LogP contribution in [0.25, 0.3) is 11.3 Å². The maximum Gasteiger partial charge on any atom is 0.240 e. The van der Waals surface area contributed by atoms with Crippen molar-refractivity contribution in [3.63, 3.8) is 0 Å². The lowest BCUT2D eigenvalue weighted by molar-refractivity contribution is -0.123. The molecule has 9 heteroatoms. The number of aryl methyl sites for hydroxylation is 3. The van der Waals surface area contributed by atoms with E-state index in [9.17, 15) is 9.59 Å². The highest BCUT2D eigenvalue weighted by Gasteiger charge is 2.21. The summed E-state index contributed by atoms with van der Waals surface area (Å²) in [4.78, 5) is 33.5. The number of rotatable bonds is 10. The SMILES string of the molecule is COCCCNC(=O)CN1CCN(CC(=O)Nc2nc(-c3c(C)cc(C)cc3C)cs2)CC1. The first-order chi connectivity index (χ1) is 15.9. The Morgan fingerprint density at radius 1 is 1.03 bits per heavy atom. The van der Waals surface area contributed by atoms with Crippen LogP contribution in [-0.2, 0) is 14.3 Å². The van der Waals surface area contributed by atoms with E-state index in [-0.39, 0.29) is 11.8 Å². The van der Waals surface area contributed by atoms with Crippen LogP contribution >= 0.6 is 11.3 Å². The number of anilines is 1. The van der Waals surface area contributed by atoms with Gasteiger partial charge >= 0.3 is 0 Å². The smallest absolute Gasteiger partial charge is 0.240 e. The van der Waals surface area contributed by atoms with Gasteiger partial charge in [-0.2, -0.15) is 0 Å². The van der Waals surface area contributed by atoms with E-state index in [1.165, 1.54) is 28.0 Å². The van der Waals surface area contributed by atoms with Crippen LogP contribution in [0.2, 0.25) is 0 Å². The molecular formula is C24H35N5O3S. The standard InChI is InChI=1S/C24H35N5O3S/c1-17-12-18(2)23(19(3)13-17)20-16-33-24(26-20)27-22(31)15-29-9-7-28(8-10-29)14-21(30)25-6-5-11-32-4/h12-13,16H,5-11,14-15H2,1-4H3,(H,25,30)(H,26,27,31). The molecule has 0 saturated carbocycles. The summed E-state index contributed by atoms with van der Waals surface area (Å²) in [5.41, 5.74) is 5.66. The Balaban J connectivity index is 1.42. The van der Waals surface area contributed by atoms with Crippen molar-refractivity contribution in [3.05, 3.63) is 34.2 Å². The van der Waals surface area contributed by atoms with Gasteiger partial charge in [0.25, 0.3) is 0 Å². The molecule has 1 fully saturated rings. The third-order valence-corrected chi connectivity index (χ3v) is 6.49. The Morgan fingerprint density at radius 3 is 2.24 bits per heavy atom. The van der Waals surface area contributed by atoms with Crippen molar-refractivity contribution in [2.75, 3.05) is 64.8 Å². The number of ether oxygens (including phenoxy) is 1. The van der Waals surface area contributed by atoms with Crippen LogP contribution in [-0.4, -0.2) is 86.1 Å². The van der Waals surface area contributed by atoms with Gasteiger partial charge in [0.2, 0.25) is 11.8 Å². The van der Waals surface area contributed by atoms with Crippen molar-refractivity contribution in [1.82, 2.24) is 20.1 Å². The lowest BCUT2D eigenvalue weighted by Gasteiger charge is -2.33. The number of hydrogen-bond acceptors (Lipinski definition) is 7. The van der Waals surface area contributed by atoms with Gasteiger partial charge in [0.1, 0.15) is 0 Å². The maximum atomic E-state index is 12.6. The second kappa shape index (κ2) is 12.2. The fourth-order valence-electron chi connectivity index (χ4n) is 4.20. The van der Waals surface area contributed by atoms with Crippen molar-refractivity contribution in [2.24, 2.45) is 0 Å². The molecule has 0 bridgehead atoms. The topological polar surface area (TPSA) is 86.8 Å². The van der Waals surface area contributed by atoms with Crippen LogP contribution < -0.4 is 10.6 Å². The fraction of sp³-hybridized carbons (Fsp3) is 0.542. The van der Waals surface area contributed by atoms with Gasteiger partial charge in [0.15, 0.2) is 5.13 Å². The molecular weight excluding hydrogens is 438 g/mol. The monoisotopic (exact) mass is 473 g/mol. The number of nitrogens with zero attached hydrogens (tertiary/aromatic N) is 3. The van der Waals surface area contributed by atoms with E-state index in [2.05, 4.69) is 58.3 Å². The molecule has 2 N–H and O–H groups in total. The second-order valence-electron chi connectivity index (χ2n) is 8.61. The molecule has 180 valence electrons. The number of aromatic nitrogens is 1. The molecule has 1 aromatic heterocycles. The highest BCUT2D eigenvalue weighted by Crippen LogP contribution is 2.31. The quantitative estimate of drug-likeness (QED) is 0.516. The molecule has 33 heavy (non-hydrogen) atoms. The number of hydrogen-bond donors (Lipinski definition) is 2. The van der Waals surface area contributed by atoms with Crippen LogP contribution in [0.15, 0.2) is 17.5 Å². The summed E-state index contributed by atoms with van der Waals surface area (Å²) in [7, 11) is 1.66. The Morgan fingerprint density at radius 2 is 1.64 bits per heavy atom. The minimum Gasteiger partial charge on any atom is -0.385 e. The van der Waals surface area contributed by atoms with Crippen LogP contribution in [0.3, 0.4) is 0 Å². The van der Waals surface area contributed by atoms with Crippen molar-refractivity contribution in [2.45, 2.75) is 27.2 Å². The van der Waals surface area contributed by atoms with Gasteiger partial charge in [0.05, 0.1) is 18.8 Å². The van der Waals surface area contributed by atoms with Crippen LogP contribution in [0.1, 0.15) is 23.1 Å². The molecule has 1 aliphatic rings. The zero-order valence-electron chi connectivity index (χ0n) is 20.1. The second-order valence-corrected chi connectivity index (χ2v) is 9.47. The van der Waals surface area contributed by atoms with Crippen LogP contribution in [0.4, 0.5) is 5.13 Å².